The zero-order valence-electron chi connectivity index (χ0n) is 10.8. The van der Waals surface area contributed by atoms with E-state index in [0.717, 1.165) is 21.6 Å². The minimum atomic E-state index is 0.117. The quantitative estimate of drug-likeness (QED) is 0.717. The highest BCUT2D eigenvalue weighted by Gasteiger charge is 2.25. The Morgan fingerprint density at radius 2 is 1.15 bits per heavy atom. The number of hydrogen-bond donors (Lipinski definition) is 0. The summed E-state index contributed by atoms with van der Waals surface area (Å²) in [5.41, 5.74) is 2.36. The van der Waals surface area contributed by atoms with Gasteiger partial charge in [0.15, 0.2) is 0 Å². The molecule has 1 heterocycles. The van der Waals surface area contributed by atoms with E-state index in [2.05, 4.69) is 0 Å². The summed E-state index contributed by atoms with van der Waals surface area (Å²) in [6.45, 7) is 0. The Balaban J connectivity index is 1.76. The summed E-state index contributed by atoms with van der Waals surface area (Å²) < 4.78 is 6.23. The van der Waals surface area contributed by atoms with E-state index in [1.807, 2.05) is 60.3 Å². The molecule has 0 N–H and O–H groups in total. The van der Waals surface area contributed by atoms with Crippen LogP contribution in [0, 0.1) is 0 Å². The summed E-state index contributed by atoms with van der Waals surface area (Å²) in [6, 6.07) is 15.8. The van der Waals surface area contributed by atoms with Gasteiger partial charge in [-0.05, 0) is 35.4 Å². The lowest BCUT2D eigenvalue weighted by molar-refractivity contribution is 0.00513. The number of halogens is 2. The molecule has 1 aliphatic rings. The molecule has 1 aliphatic heterocycles. The van der Waals surface area contributed by atoms with Crippen LogP contribution in [-0.4, -0.2) is 11.5 Å². The first kappa shape index (κ1) is 14.3. The topological polar surface area (TPSA) is 9.23 Å². The lowest BCUT2D eigenvalue weighted by atomic mass is 10.1. The van der Waals surface area contributed by atoms with Crippen LogP contribution in [-0.2, 0) is 4.74 Å². The van der Waals surface area contributed by atoms with E-state index >= 15 is 0 Å². The summed E-state index contributed by atoms with van der Waals surface area (Å²) in [5, 5.41) is 1.51. The second-order valence-electron chi connectivity index (χ2n) is 4.75. The molecule has 1 fully saturated rings. The Bertz CT molecular complexity index is 517. The van der Waals surface area contributed by atoms with Crippen molar-refractivity contribution in [1.29, 1.82) is 0 Å². The van der Waals surface area contributed by atoms with Gasteiger partial charge in [-0.3, -0.25) is 0 Å². The summed E-state index contributed by atoms with van der Waals surface area (Å²) in [6.07, 6.45) is 0.235. The van der Waals surface area contributed by atoms with Gasteiger partial charge in [-0.2, -0.15) is 11.8 Å². The van der Waals surface area contributed by atoms with Crippen molar-refractivity contribution in [3.05, 3.63) is 69.7 Å². The van der Waals surface area contributed by atoms with E-state index < -0.39 is 0 Å². The van der Waals surface area contributed by atoms with Gasteiger partial charge < -0.3 is 4.74 Å². The highest BCUT2D eigenvalue weighted by molar-refractivity contribution is 7.99. The summed E-state index contributed by atoms with van der Waals surface area (Å²) in [5.74, 6) is 1.96. The van der Waals surface area contributed by atoms with Crippen molar-refractivity contribution < 1.29 is 4.74 Å². The maximum Gasteiger partial charge on any atom is 0.0924 e. The predicted octanol–water partition coefficient (Wildman–Crippen LogP) is 5.54. The molecule has 0 unspecified atom stereocenters. The molecule has 0 amide bonds. The van der Waals surface area contributed by atoms with Gasteiger partial charge in [0.1, 0.15) is 0 Å². The zero-order valence-corrected chi connectivity index (χ0v) is 13.1. The first-order valence-corrected chi connectivity index (χ1v) is 8.37. The van der Waals surface area contributed by atoms with Gasteiger partial charge in [0.05, 0.1) is 12.2 Å². The van der Waals surface area contributed by atoms with E-state index in [1.165, 1.54) is 11.1 Å². The number of thioether (sulfide) groups is 1. The van der Waals surface area contributed by atoms with E-state index in [0.29, 0.717) is 0 Å². The van der Waals surface area contributed by atoms with Crippen LogP contribution in [0.4, 0.5) is 0 Å². The number of rotatable bonds is 2. The Morgan fingerprint density at radius 1 is 0.750 bits per heavy atom. The van der Waals surface area contributed by atoms with Gasteiger partial charge in [-0.15, -0.1) is 0 Å². The number of hydrogen-bond acceptors (Lipinski definition) is 2. The number of benzene rings is 2. The first-order chi connectivity index (χ1) is 9.72. The molecule has 0 aliphatic carbocycles. The van der Waals surface area contributed by atoms with E-state index in [1.54, 1.807) is 0 Å². The van der Waals surface area contributed by atoms with Gasteiger partial charge in [0, 0.05) is 21.6 Å². The third-order valence-corrected chi connectivity index (χ3v) is 4.93. The van der Waals surface area contributed by atoms with Crippen molar-refractivity contribution in [2.45, 2.75) is 12.2 Å². The van der Waals surface area contributed by atoms with Crippen molar-refractivity contribution in [1.82, 2.24) is 0 Å². The second-order valence-corrected chi connectivity index (χ2v) is 6.70. The second kappa shape index (κ2) is 6.40. The fourth-order valence-corrected chi connectivity index (χ4v) is 3.62. The van der Waals surface area contributed by atoms with Gasteiger partial charge in [-0.1, -0.05) is 47.5 Å². The zero-order chi connectivity index (χ0) is 13.9. The van der Waals surface area contributed by atoms with E-state index in [4.69, 9.17) is 27.9 Å². The van der Waals surface area contributed by atoms with Crippen LogP contribution in [0.25, 0.3) is 0 Å². The predicted molar refractivity (Wildman–Crippen MR) is 86.8 cm³/mol. The molecular weight excluding hydrogens is 311 g/mol. The molecule has 0 radical (unpaired) electrons. The summed E-state index contributed by atoms with van der Waals surface area (Å²) in [4.78, 5) is 0. The van der Waals surface area contributed by atoms with Crippen LogP contribution < -0.4 is 0 Å². The maximum absolute atomic E-state index is 6.23. The van der Waals surface area contributed by atoms with Gasteiger partial charge >= 0.3 is 0 Å². The average Bonchev–Trinajstić information content (AvgIpc) is 2.49. The SMILES string of the molecule is Clc1ccc([C@@H]2CSC[C@@H](c3ccc(Cl)cc3)O2)cc1. The van der Waals surface area contributed by atoms with Crippen LogP contribution in [0.2, 0.25) is 10.0 Å². The third-order valence-electron chi connectivity index (χ3n) is 3.35. The van der Waals surface area contributed by atoms with Crippen LogP contribution in [0.1, 0.15) is 23.3 Å². The molecule has 20 heavy (non-hydrogen) atoms. The molecule has 1 nitrogen and oxygen atoms in total. The first-order valence-electron chi connectivity index (χ1n) is 6.46. The third kappa shape index (κ3) is 3.32. The average molecular weight is 325 g/mol. The van der Waals surface area contributed by atoms with Gasteiger partial charge in [0.25, 0.3) is 0 Å². The molecule has 3 rings (SSSR count). The highest BCUT2D eigenvalue weighted by atomic mass is 35.5. The Morgan fingerprint density at radius 3 is 1.55 bits per heavy atom. The number of ether oxygens (including phenoxy) is 1. The molecule has 0 aromatic heterocycles. The monoisotopic (exact) mass is 324 g/mol. The summed E-state index contributed by atoms with van der Waals surface area (Å²) >= 11 is 13.8. The lowest BCUT2D eigenvalue weighted by Crippen LogP contribution is -2.20. The maximum atomic E-state index is 6.23. The van der Waals surface area contributed by atoms with Crippen molar-refractivity contribution in [3.8, 4) is 0 Å². The molecule has 0 saturated carbocycles. The van der Waals surface area contributed by atoms with Gasteiger partial charge in [-0.25, -0.2) is 0 Å². The fraction of sp³-hybridized carbons (Fsp3) is 0.250. The Kier molecular flexibility index (Phi) is 4.57. The molecule has 0 bridgehead atoms. The minimum Gasteiger partial charge on any atom is -0.364 e. The smallest absolute Gasteiger partial charge is 0.0924 e. The molecule has 104 valence electrons. The molecule has 2 aromatic carbocycles. The van der Waals surface area contributed by atoms with E-state index in [9.17, 15) is 0 Å². The molecule has 0 spiro atoms. The minimum absolute atomic E-state index is 0.117. The largest absolute Gasteiger partial charge is 0.364 e. The molecular formula is C16H14Cl2OS. The molecule has 4 heteroatoms. The van der Waals surface area contributed by atoms with Crippen molar-refractivity contribution in [3.63, 3.8) is 0 Å². The fourth-order valence-electron chi connectivity index (χ4n) is 2.26. The van der Waals surface area contributed by atoms with Crippen molar-refractivity contribution in [2.24, 2.45) is 0 Å². The molecule has 2 aromatic rings. The van der Waals surface area contributed by atoms with Crippen LogP contribution in [0.5, 0.6) is 0 Å². The van der Waals surface area contributed by atoms with Crippen LogP contribution >= 0.6 is 35.0 Å². The van der Waals surface area contributed by atoms with Gasteiger partial charge in [0.2, 0.25) is 0 Å². The Hall–Kier alpha value is -0.670. The normalized spacial score (nSPS) is 22.7. The highest BCUT2D eigenvalue weighted by Crippen LogP contribution is 2.37. The van der Waals surface area contributed by atoms with Crippen molar-refractivity contribution in [2.75, 3.05) is 11.5 Å². The van der Waals surface area contributed by atoms with E-state index in [-0.39, 0.29) is 12.2 Å². The molecule has 2 atom stereocenters. The van der Waals surface area contributed by atoms with Crippen LogP contribution in [0.3, 0.4) is 0 Å². The Labute approximate surface area is 133 Å². The summed E-state index contributed by atoms with van der Waals surface area (Å²) in [7, 11) is 0. The molecule has 1 saturated heterocycles. The van der Waals surface area contributed by atoms with Crippen molar-refractivity contribution >= 4 is 35.0 Å². The standard InChI is InChI=1S/C16H14Cl2OS/c17-13-5-1-11(2-6-13)15-9-20-10-16(19-15)12-3-7-14(18)8-4-12/h1-8,15-16H,9-10H2/t15-,16-/m0/s1. The van der Waals surface area contributed by atoms with Crippen LogP contribution in [0.15, 0.2) is 48.5 Å². The lowest BCUT2D eigenvalue weighted by Gasteiger charge is -2.30.